The van der Waals surface area contributed by atoms with Gasteiger partial charge in [0.15, 0.2) is 11.6 Å². The quantitative estimate of drug-likeness (QED) is 0.371. The summed E-state index contributed by atoms with van der Waals surface area (Å²) in [5, 5.41) is 0. The number of carbonyl (C=O) groups is 1. The summed E-state index contributed by atoms with van der Waals surface area (Å²) in [6.07, 6.45) is 1.57. The molecule has 3 rings (SSSR count). The normalized spacial score (nSPS) is 12.2. The predicted octanol–water partition coefficient (Wildman–Crippen LogP) is 5.74. The van der Waals surface area contributed by atoms with E-state index in [0.717, 1.165) is 36.0 Å². The van der Waals surface area contributed by atoms with E-state index in [1.807, 2.05) is 73.0 Å². The van der Waals surface area contributed by atoms with Crippen LogP contribution in [0.3, 0.4) is 0 Å². The van der Waals surface area contributed by atoms with E-state index in [0.29, 0.717) is 25.2 Å². The molecule has 1 heterocycles. The molecule has 2 aromatic carbocycles. The Bertz CT molecular complexity index is 1040. The van der Waals surface area contributed by atoms with Crippen molar-refractivity contribution in [2.75, 3.05) is 13.1 Å². The summed E-state index contributed by atoms with van der Waals surface area (Å²) in [7, 11) is 0. The molecule has 0 bridgehead atoms. The van der Waals surface area contributed by atoms with Crippen molar-refractivity contribution in [3.8, 4) is 0 Å². The summed E-state index contributed by atoms with van der Waals surface area (Å²) in [6.45, 7) is 7.46. The van der Waals surface area contributed by atoms with E-state index in [1.165, 1.54) is 6.07 Å². The maximum absolute atomic E-state index is 13.7. The average Bonchev–Trinajstić information content (AvgIpc) is 3.23. The van der Waals surface area contributed by atoms with E-state index < -0.39 is 11.6 Å². The van der Waals surface area contributed by atoms with E-state index in [2.05, 4.69) is 0 Å². The molecular formula is C27H32F2N2O2. The number of hydrogen-bond acceptors (Lipinski definition) is 3. The lowest BCUT2D eigenvalue weighted by Crippen LogP contribution is -2.43. The summed E-state index contributed by atoms with van der Waals surface area (Å²) in [5.74, 6) is -0.223. The number of furan rings is 1. The zero-order chi connectivity index (χ0) is 23.8. The van der Waals surface area contributed by atoms with Gasteiger partial charge in [-0.1, -0.05) is 43.3 Å². The Kier molecular flexibility index (Phi) is 8.78. The molecule has 0 spiro atoms. The minimum absolute atomic E-state index is 0.0251. The van der Waals surface area contributed by atoms with Crippen molar-refractivity contribution in [2.45, 2.75) is 52.7 Å². The molecule has 4 nitrogen and oxygen atoms in total. The molecule has 1 unspecified atom stereocenters. The molecule has 0 N–H and O–H groups in total. The molecule has 0 saturated carbocycles. The third kappa shape index (κ3) is 7.26. The minimum Gasteiger partial charge on any atom is -0.464 e. The van der Waals surface area contributed by atoms with E-state index in [-0.39, 0.29) is 18.5 Å². The maximum Gasteiger partial charge on any atom is 0.237 e. The van der Waals surface area contributed by atoms with E-state index in [4.69, 9.17) is 4.42 Å². The van der Waals surface area contributed by atoms with Gasteiger partial charge in [0.25, 0.3) is 0 Å². The molecule has 0 fully saturated rings. The Morgan fingerprint density at radius 1 is 0.970 bits per heavy atom. The number of aryl methyl sites for hydroxylation is 1. The Hall–Kier alpha value is -2.99. The van der Waals surface area contributed by atoms with Crippen LogP contribution in [0.15, 0.2) is 65.1 Å². The summed E-state index contributed by atoms with van der Waals surface area (Å²) in [5.41, 5.74) is 1.80. The molecule has 0 aliphatic rings. The van der Waals surface area contributed by atoms with Crippen molar-refractivity contribution < 1.29 is 18.0 Å². The van der Waals surface area contributed by atoms with Gasteiger partial charge in [-0.25, -0.2) is 8.78 Å². The monoisotopic (exact) mass is 454 g/mol. The van der Waals surface area contributed by atoms with E-state index in [9.17, 15) is 13.6 Å². The number of amides is 1. The second-order valence-electron chi connectivity index (χ2n) is 8.47. The molecule has 6 heteroatoms. The Morgan fingerprint density at radius 3 is 2.36 bits per heavy atom. The zero-order valence-corrected chi connectivity index (χ0v) is 19.6. The van der Waals surface area contributed by atoms with Gasteiger partial charge in [-0.15, -0.1) is 0 Å². The summed E-state index contributed by atoms with van der Waals surface area (Å²) >= 11 is 0. The van der Waals surface area contributed by atoms with Gasteiger partial charge in [-0.3, -0.25) is 9.69 Å². The van der Waals surface area contributed by atoms with Crippen LogP contribution >= 0.6 is 0 Å². The van der Waals surface area contributed by atoms with Gasteiger partial charge in [-0.05, 0) is 62.1 Å². The number of rotatable bonds is 11. The first-order valence-electron chi connectivity index (χ1n) is 11.4. The van der Waals surface area contributed by atoms with Gasteiger partial charge in [0.05, 0.1) is 13.1 Å². The smallest absolute Gasteiger partial charge is 0.237 e. The van der Waals surface area contributed by atoms with Crippen LogP contribution in [-0.4, -0.2) is 34.8 Å². The number of benzene rings is 2. The number of nitrogens with zero attached hydrogens (tertiary/aromatic N) is 2. The molecule has 0 saturated heterocycles. The maximum atomic E-state index is 13.7. The van der Waals surface area contributed by atoms with Gasteiger partial charge in [0.1, 0.15) is 11.5 Å². The van der Waals surface area contributed by atoms with Crippen LogP contribution in [0.2, 0.25) is 0 Å². The first kappa shape index (κ1) is 24.6. The van der Waals surface area contributed by atoms with Crippen molar-refractivity contribution in [2.24, 2.45) is 0 Å². The van der Waals surface area contributed by atoms with Crippen molar-refractivity contribution >= 4 is 5.91 Å². The van der Waals surface area contributed by atoms with Gasteiger partial charge in [0, 0.05) is 19.1 Å². The Labute approximate surface area is 194 Å². The van der Waals surface area contributed by atoms with Crippen LogP contribution in [0.5, 0.6) is 0 Å². The van der Waals surface area contributed by atoms with Gasteiger partial charge >= 0.3 is 0 Å². The van der Waals surface area contributed by atoms with Gasteiger partial charge in [0.2, 0.25) is 5.91 Å². The Morgan fingerprint density at radius 2 is 1.73 bits per heavy atom. The zero-order valence-electron chi connectivity index (χ0n) is 19.6. The van der Waals surface area contributed by atoms with Crippen LogP contribution in [0.25, 0.3) is 0 Å². The van der Waals surface area contributed by atoms with Gasteiger partial charge in [-0.2, -0.15) is 0 Å². The number of carbonyl (C=O) groups excluding carboxylic acids is 1. The van der Waals surface area contributed by atoms with Crippen molar-refractivity contribution in [1.29, 1.82) is 0 Å². The topological polar surface area (TPSA) is 36.7 Å². The highest BCUT2D eigenvalue weighted by Crippen LogP contribution is 2.16. The first-order valence-corrected chi connectivity index (χ1v) is 11.4. The lowest BCUT2D eigenvalue weighted by atomic mass is 10.1. The van der Waals surface area contributed by atoms with Crippen LogP contribution in [0.1, 0.15) is 42.9 Å². The fourth-order valence-electron chi connectivity index (χ4n) is 3.73. The molecule has 1 amide bonds. The fourth-order valence-corrected chi connectivity index (χ4v) is 3.73. The molecule has 0 aliphatic carbocycles. The molecule has 0 radical (unpaired) electrons. The summed E-state index contributed by atoms with van der Waals surface area (Å²) in [4.78, 5) is 17.2. The molecule has 0 aliphatic heterocycles. The molecule has 176 valence electrons. The van der Waals surface area contributed by atoms with Crippen LogP contribution < -0.4 is 0 Å². The highest BCUT2D eigenvalue weighted by Gasteiger charge is 2.22. The van der Waals surface area contributed by atoms with Crippen LogP contribution in [-0.2, 0) is 24.3 Å². The SMILES string of the molecule is CCC(C)N(CC(=O)N(CCc1ccccc1)Cc1ccc(C)o1)Cc1ccc(F)c(F)c1. The second-order valence-corrected chi connectivity index (χ2v) is 8.47. The summed E-state index contributed by atoms with van der Waals surface area (Å²) in [6, 6.07) is 17.8. The molecule has 33 heavy (non-hydrogen) atoms. The predicted molar refractivity (Wildman–Crippen MR) is 126 cm³/mol. The fraction of sp³-hybridized carbons (Fsp3) is 0.370. The van der Waals surface area contributed by atoms with Crippen molar-refractivity contribution in [3.05, 3.63) is 94.9 Å². The third-order valence-corrected chi connectivity index (χ3v) is 5.93. The van der Waals surface area contributed by atoms with Crippen molar-refractivity contribution in [1.82, 2.24) is 9.80 Å². The standard InChI is InChI=1S/C27H32F2N2O2/c1-4-20(2)31(17-23-11-13-25(28)26(29)16-23)19-27(32)30(18-24-12-10-21(3)33-24)15-14-22-8-6-5-7-9-22/h5-13,16,20H,4,14-15,17-19H2,1-3H3. The van der Waals surface area contributed by atoms with Crippen LogP contribution in [0.4, 0.5) is 8.78 Å². The summed E-state index contributed by atoms with van der Waals surface area (Å²) < 4.78 is 32.8. The Balaban J connectivity index is 1.74. The minimum atomic E-state index is -0.874. The molecule has 3 aromatic rings. The number of hydrogen-bond donors (Lipinski definition) is 0. The van der Waals surface area contributed by atoms with E-state index in [1.54, 1.807) is 6.07 Å². The molecule has 1 aromatic heterocycles. The largest absolute Gasteiger partial charge is 0.464 e. The highest BCUT2D eigenvalue weighted by atomic mass is 19.2. The second kappa shape index (κ2) is 11.8. The molecular weight excluding hydrogens is 422 g/mol. The molecule has 1 atom stereocenters. The lowest BCUT2D eigenvalue weighted by molar-refractivity contribution is -0.134. The third-order valence-electron chi connectivity index (χ3n) is 5.93. The van der Waals surface area contributed by atoms with Crippen molar-refractivity contribution in [3.63, 3.8) is 0 Å². The highest BCUT2D eigenvalue weighted by molar-refractivity contribution is 5.78. The van der Waals surface area contributed by atoms with E-state index >= 15 is 0 Å². The average molecular weight is 455 g/mol. The van der Waals surface area contributed by atoms with Gasteiger partial charge < -0.3 is 9.32 Å². The first-order chi connectivity index (χ1) is 15.9. The number of halogens is 2. The lowest BCUT2D eigenvalue weighted by Gasteiger charge is -2.31. The van der Waals surface area contributed by atoms with Crippen LogP contribution in [0, 0.1) is 18.6 Å².